The summed E-state index contributed by atoms with van der Waals surface area (Å²) in [6, 6.07) is 9.35. The van der Waals surface area contributed by atoms with Crippen LogP contribution in [0.1, 0.15) is 61.7 Å². The van der Waals surface area contributed by atoms with Crippen molar-refractivity contribution in [2.24, 2.45) is 0 Å². The summed E-state index contributed by atoms with van der Waals surface area (Å²) in [5, 5.41) is 7.44. The molecule has 166 valence electrons. The van der Waals surface area contributed by atoms with Gasteiger partial charge in [-0.15, -0.1) is 0 Å². The van der Waals surface area contributed by atoms with Crippen molar-refractivity contribution < 1.29 is 14.3 Å². The second kappa shape index (κ2) is 10.5. The van der Waals surface area contributed by atoms with Crippen molar-refractivity contribution in [2.45, 2.75) is 70.0 Å². The highest BCUT2D eigenvalue weighted by molar-refractivity contribution is 5.97. The van der Waals surface area contributed by atoms with Gasteiger partial charge in [0.15, 0.2) is 0 Å². The number of aromatic nitrogens is 2. The molecule has 0 spiro atoms. The Labute approximate surface area is 183 Å². The zero-order valence-electron chi connectivity index (χ0n) is 18.0. The summed E-state index contributed by atoms with van der Waals surface area (Å²) in [6.07, 6.45) is 10.7. The number of hydrogen-bond acceptors (Lipinski definition) is 4. The van der Waals surface area contributed by atoms with Gasteiger partial charge in [-0.05, 0) is 56.7 Å². The normalized spacial score (nSPS) is 22.2. The van der Waals surface area contributed by atoms with Crippen molar-refractivity contribution in [1.82, 2.24) is 20.0 Å². The molecule has 2 amide bonds. The molecule has 2 atom stereocenters. The van der Waals surface area contributed by atoms with E-state index in [0.29, 0.717) is 24.3 Å². The minimum absolute atomic E-state index is 0.0243. The van der Waals surface area contributed by atoms with Crippen molar-refractivity contribution in [2.75, 3.05) is 13.2 Å². The van der Waals surface area contributed by atoms with E-state index in [9.17, 15) is 9.59 Å². The maximum atomic E-state index is 13.1. The van der Waals surface area contributed by atoms with E-state index in [-0.39, 0.29) is 23.9 Å². The molecule has 2 aromatic rings. The fourth-order valence-corrected chi connectivity index (χ4v) is 4.70. The number of aryl methyl sites for hydroxylation is 1. The fourth-order valence-electron chi connectivity index (χ4n) is 4.70. The second-order valence-electron chi connectivity index (χ2n) is 8.44. The number of ether oxygens (including phenoxy) is 1. The van der Waals surface area contributed by atoms with Crippen molar-refractivity contribution in [1.29, 1.82) is 0 Å². The van der Waals surface area contributed by atoms with Gasteiger partial charge < -0.3 is 15.0 Å². The van der Waals surface area contributed by atoms with Gasteiger partial charge in [-0.2, -0.15) is 5.10 Å². The molecule has 1 N–H and O–H groups in total. The summed E-state index contributed by atoms with van der Waals surface area (Å²) in [6.45, 7) is 2.12. The Morgan fingerprint density at radius 2 is 2.03 bits per heavy atom. The van der Waals surface area contributed by atoms with Gasteiger partial charge in [0.05, 0.1) is 18.2 Å². The number of benzene rings is 1. The monoisotopic (exact) mass is 424 g/mol. The molecule has 1 aromatic carbocycles. The molecule has 1 fully saturated rings. The summed E-state index contributed by atoms with van der Waals surface area (Å²) in [7, 11) is 0. The van der Waals surface area contributed by atoms with E-state index in [1.54, 1.807) is 6.20 Å². The van der Waals surface area contributed by atoms with Gasteiger partial charge in [-0.3, -0.25) is 14.3 Å². The third kappa shape index (κ3) is 5.46. The first-order chi connectivity index (χ1) is 15.2. The molecule has 1 saturated heterocycles. The maximum absolute atomic E-state index is 13.1. The molecule has 7 nitrogen and oxygen atoms in total. The van der Waals surface area contributed by atoms with Gasteiger partial charge in [0.1, 0.15) is 5.75 Å². The molecule has 7 heteroatoms. The Balaban J connectivity index is 1.45. The Bertz CT molecular complexity index is 867. The highest BCUT2D eigenvalue weighted by Gasteiger charge is 2.35. The lowest BCUT2D eigenvalue weighted by atomic mass is 9.90. The van der Waals surface area contributed by atoms with Crippen LogP contribution >= 0.6 is 0 Å². The smallest absolute Gasteiger partial charge is 0.255 e. The zero-order chi connectivity index (χ0) is 21.5. The van der Waals surface area contributed by atoms with Gasteiger partial charge in [0.25, 0.3) is 5.91 Å². The summed E-state index contributed by atoms with van der Waals surface area (Å²) >= 11 is 0. The van der Waals surface area contributed by atoms with Crippen LogP contribution in [0, 0.1) is 0 Å². The molecular formula is C24H32N4O3. The lowest BCUT2D eigenvalue weighted by molar-refractivity contribution is -0.136. The molecule has 0 aliphatic carbocycles. The first kappa shape index (κ1) is 21.4. The van der Waals surface area contributed by atoms with Gasteiger partial charge in [0, 0.05) is 37.9 Å². The van der Waals surface area contributed by atoms with Crippen LogP contribution < -0.4 is 10.1 Å². The average molecular weight is 425 g/mol. The largest absolute Gasteiger partial charge is 0.493 e. The Kier molecular flexibility index (Phi) is 7.22. The van der Waals surface area contributed by atoms with Crippen LogP contribution in [-0.4, -0.2) is 51.7 Å². The molecule has 3 heterocycles. The summed E-state index contributed by atoms with van der Waals surface area (Å²) in [5.41, 5.74) is 0.574. The number of rotatable bonds is 4. The van der Waals surface area contributed by atoms with Crippen LogP contribution in [0.25, 0.3) is 0 Å². The van der Waals surface area contributed by atoms with E-state index >= 15 is 0 Å². The number of nitrogens with one attached hydrogen (secondary N) is 1. The lowest BCUT2D eigenvalue weighted by Crippen LogP contribution is -2.57. The van der Waals surface area contributed by atoms with Gasteiger partial charge in [-0.1, -0.05) is 18.6 Å². The van der Waals surface area contributed by atoms with Crippen LogP contribution in [-0.2, 0) is 11.3 Å². The summed E-state index contributed by atoms with van der Waals surface area (Å²) in [4.78, 5) is 28.2. The van der Waals surface area contributed by atoms with E-state index in [1.165, 1.54) is 0 Å². The minimum Gasteiger partial charge on any atom is -0.493 e. The third-order valence-corrected chi connectivity index (χ3v) is 6.29. The molecular weight excluding hydrogens is 392 g/mol. The Hall–Kier alpha value is -2.83. The van der Waals surface area contributed by atoms with E-state index in [4.69, 9.17) is 4.74 Å². The number of amides is 2. The molecule has 0 saturated carbocycles. The van der Waals surface area contributed by atoms with Crippen LogP contribution in [0.15, 0.2) is 42.7 Å². The predicted octanol–water partition coefficient (Wildman–Crippen LogP) is 3.41. The topological polar surface area (TPSA) is 76.5 Å². The van der Waals surface area contributed by atoms with Gasteiger partial charge in [0.2, 0.25) is 5.91 Å². The first-order valence-corrected chi connectivity index (χ1v) is 11.5. The minimum atomic E-state index is -0.112. The Morgan fingerprint density at radius 3 is 2.90 bits per heavy atom. The number of para-hydroxylation sites is 1. The summed E-state index contributed by atoms with van der Waals surface area (Å²) in [5.74, 6) is 0.713. The number of hydrogen-bond donors (Lipinski definition) is 1. The van der Waals surface area contributed by atoms with Gasteiger partial charge >= 0.3 is 0 Å². The molecule has 0 bridgehead atoms. The van der Waals surface area contributed by atoms with E-state index in [2.05, 4.69) is 10.4 Å². The van der Waals surface area contributed by atoms with Crippen LogP contribution in [0.3, 0.4) is 0 Å². The molecule has 4 rings (SSSR count). The molecule has 31 heavy (non-hydrogen) atoms. The van der Waals surface area contributed by atoms with E-state index in [0.717, 1.165) is 58.0 Å². The van der Waals surface area contributed by atoms with Crippen LogP contribution in [0.4, 0.5) is 0 Å². The molecule has 2 aliphatic rings. The van der Waals surface area contributed by atoms with E-state index < -0.39 is 0 Å². The van der Waals surface area contributed by atoms with Crippen LogP contribution in [0.2, 0.25) is 0 Å². The zero-order valence-corrected chi connectivity index (χ0v) is 18.0. The maximum Gasteiger partial charge on any atom is 0.255 e. The first-order valence-electron chi connectivity index (χ1n) is 11.5. The summed E-state index contributed by atoms with van der Waals surface area (Å²) < 4.78 is 7.73. The number of fused-ring (bicyclic) bond motifs is 2. The number of carbonyl (C=O) groups is 2. The highest BCUT2D eigenvalue weighted by atomic mass is 16.5. The number of carbonyl (C=O) groups excluding carboxylic acids is 2. The SMILES string of the molecule is O=C1N[C@H]2CCCN(C(=O)CCCn3cccn3)[C@H]2CCCCCOc2ccccc21. The quantitative estimate of drug-likeness (QED) is 0.816. The van der Waals surface area contributed by atoms with Crippen molar-refractivity contribution in [3.05, 3.63) is 48.3 Å². The molecule has 0 radical (unpaired) electrons. The van der Waals surface area contributed by atoms with Crippen molar-refractivity contribution in [3.8, 4) is 5.75 Å². The molecule has 2 aliphatic heterocycles. The van der Waals surface area contributed by atoms with Crippen LogP contribution in [0.5, 0.6) is 5.75 Å². The lowest BCUT2D eigenvalue weighted by Gasteiger charge is -2.42. The standard InChI is InChI=1S/C24H32N4O3/c29-23(13-7-15-27-16-8-14-25-27)28-17-6-10-20-21(28)11-2-1-5-18-31-22-12-4-3-9-19(22)24(30)26-20/h3-4,8-9,12,14,16,20-21H,1-2,5-7,10-11,13,15,17-18H2,(H,26,30)/t20-,21-/m0/s1. The second-order valence-corrected chi connectivity index (χ2v) is 8.44. The highest BCUT2D eigenvalue weighted by Crippen LogP contribution is 2.26. The molecule has 1 aromatic heterocycles. The van der Waals surface area contributed by atoms with Crippen molar-refractivity contribution in [3.63, 3.8) is 0 Å². The molecule has 0 unspecified atom stereocenters. The Morgan fingerprint density at radius 1 is 1.13 bits per heavy atom. The number of nitrogens with zero attached hydrogens (tertiary/aromatic N) is 3. The predicted molar refractivity (Wildman–Crippen MR) is 118 cm³/mol. The van der Waals surface area contributed by atoms with Gasteiger partial charge in [-0.25, -0.2) is 0 Å². The van der Waals surface area contributed by atoms with Crippen molar-refractivity contribution >= 4 is 11.8 Å². The number of piperidine rings is 1. The average Bonchev–Trinajstić information content (AvgIpc) is 3.29. The van der Waals surface area contributed by atoms with E-state index in [1.807, 2.05) is 46.1 Å². The third-order valence-electron chi connectivity index (χ3n) is 6.29. The fraction of sp³-hybridized carbons (Fsp3) is 0.542. The number of likely N-dealkylation sites (tertiary alicyclic amines) is 1.